The summed E-state index contributed by atoms with van der Waals surface area (Å²) >= 11 is 1.28. The van der Waals surface area contributed by atoms with E-state index in [4.69, 9.17) is 23.7 Å². The van der Waals surface area contributed by atoms with Crippen molar-refractivity contribution in [2.24, 2.45) is 4.99 Å². The second kappa shape index (κ2) is 15.8. The van der Waals surface area contributed by atoms with Gasteiger partial charge in [0.2, 0.25) is 5.91 Å². The molecule has 0 heterocycles. The van der Waals surface area contributed by atoms with Crippen LogP contribution in [0.3, 0.4) is 0 Å². The first kappa shape index (κ1) is 30.9. The van der Waals surface area contributed by atoms with Gasteiger partial charge in [0.1, 0.15) is 24.6 Å². The Labute approximate surface area is 215 Å². The van der Waals surface area contributed by atoms with Gasteiger partial charge in [0.05, 0.1) is 25.9 Å². The van der Waals surface area contributed by atoms with Crippen LogP contribution in [0.2, 0.25) is 0 Å². The van der Waals surface area contributed by atoms with E-state index in [1.165, 1.54) is 44.4 Å². The summed E-state index contributed by atoms with van der Waals surface area (Å²) in [5.74, 6) is -1.31. The first-order chi connectivity index (χ1) is 17.0. The average molecular weight is 527 g/mol. The first-order valence-corrected chi connectivity index (χ1v) is 12.3. The Morgan fingerprint density at radius 1 is 0.972 bits per heavy atom. The number of nitrogens with zero attached hydrogens (tertiary/aromatic N) is 2. The van der Waals surface area contributed by atoms with Crippen LogP contribution in [0.5, 0.6) is 5.75 Å². The van der Waals surface area contributed by atoms with Gasteiger partial charge < -0.3 is 23.7 Å². The Morgan fingerprint density at radius 2 is 1.58 bits per heavy atom. The van der Waals surface area contributed by atoms with Gasteiger partial charge in [-0.25, -0.2) is 0 Å². The van der Waals surface area contributed by atoms with Crippen LogP contribution in [0.4, 0.5) is 5.69 Å². The Bertz CT molecular complexity index is 921. The molecule has 1 aromatic carbocycles. The number of hydrogen-bond donors (Lipinski definition) is 0. The van der Waals surface area contributed by atoms with E-state index in [9.17, 15) is 19.2 Å². The van der Waals surface area contributed by atoms with Crippen LogP contribution in [0, 0.1) is 0 Å². The third-order valence-corrected chi connectivity index (χ3v) is 5.30. The van der Waals surface area contributed by atoms with Gasteiger partial charge in [0.15, 0.2) is 11.3 Å². The maximum atomic E-state index is 12.4. The van der Waals surface area contributed by atoms with Crippen molar-refractivity contribution in [3.05, 3.63) is 24.3 Å². The number of anilines is 1. The van der Waals surface area contributed by atoms with Crippen LogP contribution in [0.25, 0.3) is 0 Å². The van der Waals surface area contributed by atoms with E-state index in [0.717, 1.165) is 0 Å². The number of esters is 3. The van der Waals surface area contributed by atoms with E-state index in [2.05, 4.69) is 4.99 Å². The Hall–Kier alpha value is -3.12. The van der Waals surface area contributed by atoms with Crippen LogP contribution < -0.4 is 9.64 Å². The van der Waals surface area contributed by atoms with Crippen LogP contribution in [0.1, 0.15) is 34.6 Å². The Morgan fingerprint density at radius 3 is 2.06 bits per heavy atom. The topological polar surface area (TPSA) is 130 Å². The number of amidine groups is 1. The van der Waals surface area contributed by atoms with Crippen molar-refractivity contribution in [3.63, 3.8) is 0 Å². The summed E-state index contributed by atoms with van der Waals surface area (Å²) in [6, 6.07) is 6.98. The highest BCUT2D eigenvalue weighted by atomic mass is 32.2. The monoisotopic (exact) mass is 526 g/mol. The van der Waals surface area contributed by atoms with Crippen molar-refractivity contribution in [1.29, 1.82) is 0 Å². The number of amides is 1. The van der Waals surface area contributed by atoms with E-state index in [-0.39, 0.29) is 25.7 Å². The molecule has 0 aromatic heterocycles. The smallest absolute Gasteiger partial charge is 0.303 e. The Balaban J connectivity index is 3.03. The highest BCUT2D eigenvalue weighted by molar-refractivity contribution is 8.13. The molecule has 0 saturated carbocycles. The van der Waals surface area contributed by atoms with Gasteiger partial charge in [0, 0.05) is 27.7 Å². The number of methoxy groups -OCH3 is 1. The summed E-state index contributed by atoms with van der Waals surface area (Å²) in [6.45, 7) is 6.59. The van der Waals surface area contributed by atoms with Crippen LogP contribution in [0.15, 0.2) is 29.3 Å². The van der Waals surface area contributed by atoms with E-state index >= 15 is 0 Å². The number of ether oxygens (including phenoxy) is 5. The summed E-state index contributed by atoms with van der Waals surface area (Å²) in [5.41, 5.74) is 0.621. The molecule has 0 N–H and O–H groups in total. The quantitative estimate of drug-likeness (QED) is 0.132. The first-order valence-electron chi connectivity index (χ1n) is 11.1. The normalized spacial score (nSPS) is 13.7. The molecule has 0 spiro atoms. The van der Waals surface area contributed by atoms with Gasteiger partial charge in [-0.2, -0.15) is 0 Å². The summed E-state index contributed by atoms with van der Waals surface area (Å²) in [4.78, 5) is 52.8. The number of hydrogen-bond acceptors (Lipinski definition) is 11. The molecular formula is C24H34N2O9S. The molecule has 0 aliphatic heterocycles. The molecule has 0 fully saturated rings. The molecule has 0 saturated heterocycles. The highest BCUT2D eigenvalue weighted by Crippen LogP contribution is 2.22. The fourth-order valence-corrected chi connectivity index (χ4v) is 3.80. The summed E-state index contributed by atoms with van der Waals surface area (Å²) in [5, 5.41) is 0.442. The van der Waals surface area contributed by atoms with E-state index in [1.807, 2.05) is 0 Å². The van der Waals surface area contributed by atoms with E-state index < -0.39 is 36.2 Å². The lowest BCUT2D eigenvalue weighted by atomic mass is 10.1. The van der Waals surface area contributed by atoms with Gasteiger partial charge in [-0.05, 0) is 37.4 Å². The van der Waals surface area contributed by atoms with Gasteiger partial charge in [-0.1, -0.05) is 11.8 Å². The van der Waals surface area contributed by atoms with Crippen molar-refractivity contribution in [2.45, 2.75) is 52.9 Å². The second-order valence-corrected chi connectivity index (χ2v) is 8.29. The predicted octanol–water partition coefficient (Wildman–Crippen LogP) is 2.60. The second-order valence-electron chi connectivity index (χ2n) is 7.52. The number of benzene rings is 1. The maximum Gasteiger partial charge on any atom is 0.303 e. The number of thioether (sulfide) groups is 1. The molecule has 1 amide bonds. The zero-order valence-electron chi connectivity index (χ0n) is 21.6. The molecule has 1 aromatic rings. The van der Waals surface area contributed by atoms with Crippen LogP contribution in [-0.2, 0) is 38.1 Å². The molecule has 3 atom stereocenters. The summed E-state index contributed by atoms with van der Waals surface area (Å²) < 4.78 is 26.6. The van der Waals surface area contributed by atoms with Gasteiger partial charge in [0.25, 0.3) is 0 Å². The number of carbonyl (C=O) groups is 4. The van der Waals surface area contributed by atoms with Crippen molar-refractivity contribution >= 4 is 46.4 Å². The van der Waals surface area contributed by atoms with Crippen molar-refractivity contribution in [1.82, 2.24) is 0 Å². The standard InChI is InChI=1S/C24H34N2O9S/c1-15(34-18(4)29)23(35-19(5)30)22(14-33-17(3)28)32-13-12-25-24(36-7)26(16(2)27)20-8-10-21(31-6)11-9-20/h8-11,15,22-23H,12-14H2,1-7H3/b25-24-/t15-,22-,23+/m1/s1. The third kappa shape index (κ3) is 10.6. The Kier molecular flexibility index (Phi) is 13.6. The largest absolute Gasteiger partial charge is 0.497 e. The molecule has 36 heavy (non-hydrogen) atoms. The highest BCUT2D eigenvalue weighted by Gasteiger charge is 2.33. The lowest BCUT2D eigenvalue weighted by Gasteiger charge is -2.30. The number of aliphatic imine (C=N–C) groups is 1. The van der Waals surface area contributed by atoms with Crippen LogP contribution in [-0.4, -0.2) is 80.4 Å². The lowest BCUT2D eigenvalue weighted by molar-refractivity contribution is -0.182. The molecule has 0 unspecified atom stereocenters. The fraction of sp³-hybridized carbons (Fsp3) is 0.542. The molecule has 11 nitrogen and oxygen atoms in total. The SMILES string of the molecule is COc1ccc(N(C(C)=O)/C(=N/CCO[C@H](COC(C)=O)[C@@H](OC(C)=O)[C@@H](C)OC(C)=O)SC)cc1. The van der Waals surface area contributed by atoms with Gasteiger partial charge in [-0.15, -0.1) is 0 Å². The van der Waals surface area contributed by atoms with Gasteiger partial charge >= 0.3 is 17.9 Å². The molecule has 0 aliphatic carbocycles. The minimum atomic E-state index is -1.03. The summed E-state index contributed by atoms with van der Waals surface area (Å²) in [6.07, 6.45) is -1.02. The molecule has 0 aliphatic rings. The summed E-state index contributed by atoms with van der Waals surface area (Å²) in [7, 11) is 1.56. The predicted molar refractivity (Wildman–Crippen MR) is 135 cm³/mol. The molecular weight excluding hydrogens is 492 g/mol. The molecule has 0 radical (unpaired) electrons. The average Bonchev–Trinajstić information content (AvgIpc) is 2.80. The van der Waals surface area contributed by atoms with Crippen molar-refractivity contribution in [3.8, 4) is 5.75 Å². The van der Waals surface area contributed by atoms with E-state index in [0.29, 0.717) is 16.6 Å². The van der Waals surface area contributed by atoms with Crippen molar-refractivity contribution < 1.29 is 42.9 Å². The van der Waals surface area contributed by atoms with Gasteiger partial charge in [-0.3, -0.25) is 29.1 Å². The van der Waals surface area contributed by atoms with E-state index in [1.54, 1.807) is 44.6 Å². The maximum absolute atomic E-state index is 12.4. The fourth-order valence-electron chi connectivity index (χ4n) is 3.16. The molecule has 12 heteroatoms. The zero-order valence-corrected chi connectivity index (χ0v) is 22.5. The molecule has 200 valence electrons. The minimum absolute atomic E-state index is 0.0366. The third-order valence-electron chi connectivity index (χ3n) is 4.62. The molecule has 1 rings (SSSR count). The zero-order chi connectivity index (χ0) is 27.3. The minimum Gasteiger partial charge on any atom is -0.497 e. The van der Waals surface area contributed by atoms with Crippen molar-refractivity contribution in [2.75, 3.05) is 38.0 Å². The van der Waals surface area contributed by atoms with Crippen LogP contribution >= 0.6 is 11.8 Å². The number of carbonyl (C=O) groups excluding carboxylic acids is 4. The number of rotatable bonds is 12. The molecule has 0 bridgehead atoms. The lowest BCUT2D eigenvalue weighted by Crippen LogP contribution is -2.46.